The Kier molecular flexibility index (Phi) is 32.9. The molecule has 0 spiro atoms. The zero-order valence-electron chi connectivity index (χ0n) is 23.0. The Bertz CT molecular complexity index is 465. The smallest absolute Gasteiger partial charge is 0.330 e. The van der Waals surface area contributed by atoms with E-state index in [0.29, 0.717) is 6.42 Å². The second kappa shape index (κ2) is 30.4. The Hall–Kier alpha value is -1.66. The molecular weight excluding hydrogens is 444 g/mol. The number of unbranched alkanes of at least 4 members (excludes halogenated alkanes) is 17. The van der Waals surface area contributed by atoms with Crippen LogP contribution < -0.4 is 0 Å². The largest absolute Gasteiger partial charge is 0.478 e. The molecule has 0 bridgehead atoms. The van der Waals surface area contributed by atoms with Crippen molar-refractivity contribution < 1.29 is 30.0 Å². The lowest BCUT2D eigenvalue weighted by molar-refractivity contribution is -0.133. The van der Waals surface area contributed by atoms with Gasteiger partial charge in [0, 0.05) is 11.1 Å². The molecule has 0 aliphatic rings. The van der Waals surface area contributed by atoms with Crippen LogP contribution in [0.4, 0.5) is 0 Å². The first kappa shape index (κ1) is 37.9. The standard InChI is InChI=1S/C21H44O2.2C4H6O2/c1-2-3-4-5-6-7-8-9-10-11-12-13-14-15-16-17-18-19-20-21(22)23;2*1-3(2)4(5)6/h21-23H,2-20H2,1H3;2*1H2,2H3,(H,5,6). The van der Waals surface area contributed by atoms with Crippen molar-refractivity contribution >= 4 is 11.9 Å². The van der Waals surface area contributed by atoms with Gasteiger partial charge in [-0.25, -0.2) is 9.59 Å². The van der Waals surface area contributed by atoms with Crippen molar-refractivity contribution in [3.63, 3.8) is 0 Å². The monoisotopic (exact) mass is 500 g/mol. The molecule has 6 nitrogen and oxygen atoms in total. The highest BCUT2D eigenvalue weighted by Crippen LogP contribution is 2.14. The lowest BCUT2D eigenvalue weighted by atomic mass is 10.0. The fraction of sp³-hybridized carbons (Fsp3) is 0.793. The number of aliphatic hydroxyl groups is 2. The molecule has 0 saturated carbocycles. The summed E-state index contributed by atoms with van der Waals surface area (Å²) in [5.74, 6) is -1.87. The maximum absolute atomic E-state index is 9.60. The van der Waals surface area contributed by atoms with Gasteiger partial charge in [-0.05, 0) is 26.7 Å². The molecule has 208 valence electrons. The average molecular weight is 501 g/mol. The van der Waals surface area contributed by atoms with E-state index in [1.165, 1.54) is 117 Å². The minimum atomic E-state index is -1.10. The van der Waals surface area contributed by atoms with Gasteiger partial charge in [0.25, 0.3) is 0 Å². The summed E-state index contributed by atoms with van der Waals surface area (Å²) in [4.78, 5) is 19.2. The molecule has 0 atom stereocenters. The number of aliphatic carboxylic acids is 2. The summed E-state index contributed by atoms with van der Waals surface area (Å²) in [7, 11) is 0. The summed E-state index contributed by atoms with van der Waals surface area (Å²) in [5.41, 5.74) is 0.352. The van der Waals surface area contributed by atoms with Crippen molar-refractivity contribution in [3.8, 4) is 0 Å². The molecule has 0 unspecified atom stereocenters. The lowest BCUT2D eigenvalue weighted by Gasteiger charge is -2.04. The molecule has 0 amide bonds. The average Bonchev–Trinajstić information content (AvgIpc) is 2.78. The predicted molar refractivity (Wildman–Crippen MR) is 147 cm³/mol. The van der Waals surface area contributed by atoms with Gasteiger partial charge in [-0.2, -0.15) is 0 Å². The van der Waals surface area contributed by atoms with E-state index in [-0.39, 0.29) is 11.1 Å². The highest BCUT2D eigenvalue weighted by atomic mass is 16.5. The Morgan fingerprint density at radius 3 is 0.914 bits per heavy atom. The zero-order valence-corrected chi connectivity index (χ0v) is 23.0. The fourth-order valence-corrected chi connectivity index (χ4v) is 3.23. The summed E-state index contributed by atoms with van der Waals surface area (Å²) in [6.45, 7) is 11.5. The molecule has 0 rings (SSSR count). The summed E-state index contributed by atoms with van der Waals surface area (Å²) in [5, 5.41) is 33.3. The normalized spacial score (nSPS) is 10.1. The van der Waals surface area contributed by atoms with E-state index in [2.05, 4.69) is 20.1 Å². The molecule has 0 heterocycles. The molecule has 6 heteroatoms. The Labute approximate surface area is 215 Å². The van der Waals surface area contributed by atoms with Crippen LogP contribution in [0.2, 0.25) is 0 Å². The Morgan fingerprint density at radius 2 is 0.743 bits per heavy atom. The van der Waals surface area contributed by atoms with Gasteiger partial charge in [0.05, 0.1) is 0 Å². The predicted octanol–water partition coefficient (Wildman–Crippen LogP) is 8.02. The maximum Gasteiger partial charge on any atom is 0.330 e. The zero-order chi connectivity index (χ0) is 27.3. The van der Waals surface area contributed by atoms with Gasteiger partial charge in [0.15, 0.2) is 6.29 Å². The number of rotatable bonds is 21. The molecule has 0 aliphatic carbocycles. The van der Waals surface area contributed by atoms with E-state index in [1.807, 2.05) is 0 Å². The quantitative estimate of drug-likeness (QED) is 0.0720. The molecular formula is C29H56O6. The van der Waals surface area contributed by atoms with Crippen molar-refractivity contribution in [2.45, 2.75) is 149 Å². The van der Waals surface area contributed by atoms with E-state index in [4.69, 9.17) is 20.4 Å². The number of carboxylic acid groups (broad SMARTS) is 2. The second-order valence-corrected chi connectivity index (χ2v) is 9.45. The number of carboxylic acids is 2. The van der Waals surface area contributed by atoms with Gasteiger partial charge in [0.1, 0.15) is 0 Å². The maximum atomic E-state index is 9.60. The topological polar surface area (TPSA) is 115 Å². The first-order valence-corrected chi connectivity index (χ1v) is 13.7. The van der Waals surface area contributed by atoms with Crippen molar-refractivity contribution in [2.24, 2.45) is 0 Å². The minimum Gasteiger partial charge on any atom is -0.478 e. The first-order chi connectivity index (χ1) is 16.6. The van der Waals surface area contributed by atoms with Crippen molar-refractivity contribution in [1.82, 2.24) is 0 Å². The summed E-state index contributed by atoms with van der Waals surface area (Å²) in [6.07, 6.45) is 24.1. The third-order valence-electron chi connectivity index (χ3n) is 5.55. The molecule has 0 aromatic rings. The van der Waals surface area contributed by atoms with Gasteiger partial charge in [-0.3, -0.25) is 0 Å². The van der Waals surface area contributed by atoms with Crippen LogP contribution in [0.5, 0.6) is 0 Å². The van der Waals surface area contributed by atoms with Crippen molar-refractivity contribution in [2.75, 3.05) is 0 Å². The molecule has 0 fully saturated rings. The van der Waals surface area contributed by atoms with Gasteiger partial charge >= 0.3 is 11.9 Å². The van der Waals surface area contributed by atoms with Gasteiger partial charge in [0.2, 0.25) is 0 Å². The molecule has 35 heavy (non-hydrogen) atoms. The van der Waals surface area contributed by atoms with E-state index in [9.17, 15) is 9.59 Å². The number of hydrogen-bond donors (Lipinski definition) is 4. The van der Waals surface area contributed by atoms with Crippen LogP contribution in [0.1, 0.15) is 143 Å². The van der Waals surface area contributed by atoms with Crippen LogP contribution in [0.25, 0.3) is 0 Å². The number of hydrogen-bond acceptors (Lipinski definition) is 4. The van der Waals surface area contributed by atoms with E-state index < -0.39 is 18.2 Å². The highest BCUT2D eigenvalue weighted by molar-refractivity contribution is 5.85. The van der Waals surface area contributed by atoms with Gasteiger partial charge < -0.3 is 20.4 Å². The third-order valence-corrected chi connectivity index (χ3v) is 5.55. The van der Waals surface area contributed by atoms with Crippen molar-refractivity contribution in [1.29, 1.82) is 0 Å². The van der Waals surface area contributed by atoms with Crippen LogP contribution in [0.15, 0.2) is 24.3 Å². The van der Waals surface area contributed by atoms with E-state index in [0.717, 1.165) is 12.8 Å². The summed E-state index contributed by atoms with van der Waals surface area (Å²) < 4.78 is 0. The van der Waals surface area contributed by atoms with E-state index in [1.54, 1.807) is 0 Å². The van der Waals surface area contributed by atoms with Crippen molar-refractivity contribution in [3.05, 3.63) is 24.3 Å². The molecule has 0 aromatic carbocycles. The van der Waals surface area contributed by atoms with Gasteiger partial charge in [-0.15, -0.1) is 0 Å². The van der Waals surface area contributed by atoms with Crippen LogP contribution in [0.3, 0.4) is 0 Å². The molecule has 4 N–H and O–H groups in total. The third kappa shape index (κ3) is 42.9. The Morgan fingerprint density at radius 1 is 0.543 bits per heavy atom. The van der Waals surface area contributed by atoms with Gasteiger partial charge in [-0.1, -0.05) is 129 Å². The molecule has 0 aliphatic heterocycles. The second-order valence-electron chi connectivity index (χ2n) is 9.45. The fourth-order valence-electron chi connectivity index (χ4n) is 3.23. The van der Waals surface area contributed by atoms with Crippen LogP contribution in [0, 0.1) is 0 Å². The molecule has 0 saturated heterocycles. The SMILES string of the molecule is C=C(C)C(=O)O.C=C(C)C(=O)O.CCCCCCCCCCCCCCCCCCCCC(O)O. The number of aliphatic hydroxyl groups excluding tert-OH is 1. The first-order valence-electron chi connectivity index (χ1n) is 13.7. The molecule has 0 aromatic heterocycles. The van der Waals surface area contributed by atoms with Crippen LogP contribution >= 0.6 is 0 Å². The van der Waals surface area contributed by atoms with Crippen LogP contribution in [-0.2, 0) is 9.59 Å². The Balaban J connectivity index is -0.000000697. The minimum absolute atomic E-state index is 0.176. The van der Waals surface area contributed by atoms with Crippen LogP contribution in [-0.4, -0.2) is 38.7 Å². The molecule has 0 radical (unpaired) electrons. The summed E-state index contributed by atoms with van der Waals surface area (Å²) >= 11 is 0. The lowest BCUT2D eigenvalue weighted by Crippen LogP contribution is -2.02. The summed E-state index contributed by atoms with van der Waals surface area (Å²) in [6, 6.07) is 0. The number of carbonyl (C=O) groups is 2. The highest BCUT2D eigenvalue weighted by Gasteiger charge is 1.97. The van der Waals surface area contributed by atoms with E-state index >= 15 is 0 Å².